The number of carbonyl (C=O) groups is 1. The molecule has 0 fully saturated rings. The molecule has 0 spiro atoms. The third-order valence-electron chi connectivity index (χ3n) is 3.54. The van der Waals surface area contributed by atoms with Crippen molar-refractivity contribution in [1.29, 1.82) is 0 Å². The number of thioether (sulfide) groups is 1. The molecule has 0 bridgehead atoms. The average Bonchev–Trinajstić information content (AvgIpc) is 3.23. The van der Waals surface area contributed by atoms with Gasteiger partial charge in [0.05, 0.1) is 12.0 Å². The summed E-state index contributed by atoms with van der Waals surface area (Å²) in [7, 11) is 0. The molecule has 0 N–H and O–H groups in total. The van der Waals surface area contributed by atoms with E-state index in [1.807, 2.05) is 48.5 Å². The van der Waals surface area contributed by atoms with Gasteiger partial charge < -0.3 is 13.9 Å². The lowest BCUT2D eigenvalue weighted by Gasteiger charge is -2.07. The van der Waals surface area contributed by atoms with Crippen LogP contribution in [0.4, 0.5) is 0 Å². The fourth-order valence-electron chi connectivity index (χ4n) is 2.16. The highest BCUT2D eigenvalue weighted by atomic mass is 32.2. The van der Waals surface area contributed by atoms with Gasteiger partial charge in [-0.15, -0.1) is 11.8 Å². The van der Waals surface area contributed by atoms with Gasteiger partial charge in [0.1, 0.15) is 24.7 Å². The highest BCUT2D eigenvalue weighted by Crippen LogP contribution is 2.15. The van der Waals surface area contributed by atoms with E-state index in [1.54, 1.807) is 24.1 Å². The van der Waals surface area contributed by atoms with E-state index in [9.17, 15) is 4.79 Å². The second kappa shape index (κ2) is 10.2. The predicted octanol–water partition coefficient (Wildman–Crippen LogP) is 4.74. The van der Waals surface area contributed by atoms with Crippen molar-refractivity contribution in [3.8, 4) is 5.75 Å². The summed E-state index contributed by atoms with van der Waals surface area (Å²) in [5.41, 5.74) is 1.90. The quantitative estimate of drug-likeness (QED) is 0.394. The molecule has 3 aromatic rings. The first-order valence-electron chi connectivity index (χ1n) is 8.37. The first-order valence-corrected chi connectivity index (χ1v) is 9.42. The van der Waals surface area contributed by atoms with E-state index in [2.05, 4.69) is 4.98 Å². The van der Waals surface area contributed by atoms with Gasteiger partial charge >= 0.3 is 5.97 Å². The lowest BCUT2D eigenvalue weighted by atomic mass is 10.2. The molecular weight excluding hydrogens is 362 g/mol. The van der Waals surface area contributed by atoms with Crippen molar-refractivity contribution in [2.75, 3.05) is 0 Å². The van der Waals surface area contributed by atoms with E-state index >= 15 is 0 Å². The van der Waals surface area contributed by atoms with Crippen LogP contribution in [0.1, 0.15) is 16.9 Å². The highest BCUT2D eigenvalue weighted by Gasteiger charge is 2.01. The van der Waals surface area contributed by atoms with Crippen LogP contribution in [-0.2, 0) is 28.5 Å². The number of carbonyl (C=O) groups excluding carboxylic acids is 1. The zero-order valence-corrected chi connectivity index (χ0v) is 15.4. The Bertz CT molecular complexity index is 846. The van der Waals surface area contributed by atoms with Crippen molar-refractivity contribution in [3.63, 3.8) is 0 Å². The Kier molecular flexibility index (Phi) is 7.12. The van der Waals surface area contributed by atoms with Crippen molar-refractivity contribution in [3.05, 3.63) is 95.6 Å². The Morgan fingerprint density at radius 1 is 1.07 bits per heavy atom. The molecular formula is C21H19NO4S. The monoisotopic (exact) mass is 381 g/mol. The molecule has 0 radical (unpaired) electrons. The van der Waals surface area contributed by atoms with Crippen LogP contribution < -0.4 is 4.74 Å². The minimum absolute atomic E-state index is 0.217. The standard InChI is InChI=1S/C21H19NO4S/c23-21(9-12-27-16-20-4-2-11-24-20)26-14-17-5-7-19(8-6-17)25-15-18-3-1-10-22-13-18/h1-13H,14-16H2/b12-9+. The number of esters is 1. The molecule has 0 aliphatic carbocycles. The summed E-state index contributed by atoms with van der Waals surface area (Å²) in [6.45, 7) is 0.678. The summed E-state index contributed by atoms with van der Waals surface area (Å²) >= 11 is 1.47. The Labute approximate surface area is 162 Å². The number of nitrogens with zero attached hydrogens (tertiary/aromatic N) is 1. The topological polar surface area (TPSA) is 61.6 Å². The van der Waals surface area contributed by atoms with E-state index in [0.29, 0.717) is 12.4 Å². The zero-order valence-electron chi connectivity index (χ0n) is 14.6. The molecule has 5 nitrogen and oxygen atoms in total. The third-order valence-corrected chi connectivity index (χ3v) is 4.32. The summed E-state index contributed by atoms with van der Waals surface area (Å²) in [6, 6.07) is 15.0. The summed E-state index contributed by atoms with van der Waals surface area (Å²) in [6.07, 6.45) is 6.54. The number of furan rings is 1. The number of aromatic nitrogens is 1. The predicted molar refractivity (Wildman–Crippen MR) is 104 cm³/mol. The normalized spacial score (nSPS) is 10.8. The number of rotatable bonds is 9. The second-order valence-electron chi connectivity index (χ2n) is 5.59. The summed E-state index contributed by atoms with van der Waals surface area (Å²) < 4.78 is 16.1. The molecule has 1 aromatic carbocycles. The van der Waals surface area contributed by atoms with Crippen molar-refractivity contribution < 1.29 is 18.7 Å². The van der Waals surface area contributed by atoms with Crippen LogP contribution in [0.3, 0.4) is 0 Å². The maximum atomic E-state index is 11.7. The van der Waals surface area contributed by atoms with E-state index in [4.69, 9.17) is 13.9 Å². The van der Waals surface area contributed by atoms with Crippen LogP contribution in [0.15, 0.2) is 83.1 Å². The number of hydrogen-bond donors (Lipinski definition) is 0. The molecule has 6 heteroatoms. The largest absolute Gasteiger partial charge is 0.489 e. The Morgan fingerprint density at radius 2 is 1.96 bits per heavy atom. The molecule has 0 saturated carbocycles. The number of pyridine rings is 1. The number of ether oxygens (including phenoxy) is 2. The van der Waals surface area contributed by atoms with Crippen LogP contribution in [-0.4, -0.2) is 11.0 Å². The van der Waals surface area contributed by atoms with Gasteiger partial charge in [0.2, 0.25) is 0 Å². The molecule has 0 unspecified atom stereocenters. The maximum Gasteiger partial charge on any atom is 0.331 e. The van der Waals surface area contributed by atoms with Crippen molar-refractivity contribution in [2.24, 2.45) is 0 Å². The zero-order chi connectivity index (χ0) is 18.7. The summed E-state index contributed by atoms with van der Waals surface area (Å²) in [5.74, 6) is 1.92. The lowest BCUT2D eigenvalue weighted by molar-refractivity contribution is -0.138. The van der Waals surface area contributed by atoms with E-state index in [-0.39, 0.29) is 12.6 Å². The maximum absolute atomic E-state index is 11.7. The van der Waals surface area contributed by atoms with E-state index < -0.39 is 0 Å². The van der Waals surface area contributed by atoms with Crippen molar-refractivity contribution in [2.45, 2.75) is 19.0 Å². The molecule has 27 heavy (non-hydrogen) atoms. The Balaban J connectivity index is 1.37. The fourth-order valence-corrected chi connectivity index (χ4v) is 2.80. The van der Waals surface area contributed by atoms with E-state index in [1.165, 1.54) is 17.8 Å². The lowest BCUT2D eigenvalue weighted by Crippen LogP contribution is -2.01. The molecule has 2 aromatic heterocycles. The Morgan fingerprint density at radius 3 is 2.70 bits per heavy atom. The second-order valence-corrected chi connectivity index (χ2v) is 6.49. The number of benzene rings is 1. The fraction of sp³-hybridized carbons (Fsp3) is 0.143. The van der Waals surface area contributed by atoms with Gasteiger partial charge in [0.25, 0.3) is 0 Å². The van der Waals surface area contributed by atoms with Gasteiger partial charge in [0, 0.05) is 24.0 Å². The molecule has 138 valence electrons. The van der Waals surface area contributed by atoms with Gasteiger partial charge in [0.15, 0.2) is 0 Å². The molecule has 0 amide bonds. The minimum atomic E-state index is -0.376. The molecule has 2 heterocycles. The van der Waals surface area contributed by atoms with E-state index in [0.717, 1.165) is 22.6 Å². The van der Waals surface area contributed by atoms with Crippen LogP contribution >= 0.6 is 11.8 Å². The average molecular weight is 381 g/mol. The highest BCUT2D eigenvalue weighted by molar-refractivity contribution is 8.01. The van der Waals surface area contributed by atoms with Crippen LogP contribution in [0.2, 0.25) is 0 Å². The third kappa shape index (κ3) is 6.67. The van der Waals surface area contributed by atoms with Crippen LogP contribution in [0.5, 0.6) is 5.75 Å². The molecule has 0 atom stereocenters. The van der Waals surface area contributed by atoms with Crippen LogP contribution in [0, 0.1) is 0 Å². The van der Waals surface area contributed by atoms with Crippen molar-refractivity contribution in [1.82, 2.24) is 4.98 Å². The Hall–Kier alpha value is -2.99. The van der Waals surface area contributed by atoms with Gasteiger partial charge in [-0.2, -0.15) is 0 Å². The summed E-state index contributed by atoms with van der Waals surface area (Å²) in [5, 5.41) is 1.71. The first-order chi connectivity index (χ1) is 13.3. The van der Waals surface area contributed by atoms with Gasteiger partial charge in [-0.25, -0.2) is 4.79 Å². The molecule has 3 rings (SSSR count). The molecule has 0 aliphatic heterocycles. The van der Waals surface area contributed by atoms with Gasteiger partial charge in [-0.1, -0.05) is 18.2 Å². The number of hydrogen-bond acceptors (Lipinski definition) is 6. The minimum Gasteiger partial charge on any atom is -0.489 e. The SMILES string of the molecule is O=C(/C=C/SCc1ccco1)OCc1ccc(OCc2cccnc2)cc1. The smallest absolute Gasteiger partial charge is 0.331 e. The van der Waals surface area contributed by atoms with Gasteiger partial charge in [-0.3, -0.25) is 4.98 Å². The molecule has 0 saturated heterocycles. The van der Waals surface area contributed by atoms with Crippen molar-refractivity contribution >= 4 is 17.7 Å². The van der Waals surface area contributed by atoms with Crippen LogP contribution in [0.25, 0.3) is 0 Å². The summed E-state index contributed by atoms with van der Waals surface area (Å²) in [4.78, 5) is 15.8. The van der Waals surface area contributed by atoms with Gasteiger partial charge in [-0.05, 0) is 41.3 Å². The first kappa shape index (κ1) is 18.8. The molecule has 0 aliphatic rings.